The summed E-state index contributed by atoms with van der Waals surface area (Å²) in [7, 11) is 0. The van der Waals surface area contributed by atoms with E-state index in [-0.39, 0.29) is 30.9 Å². The van der Waals surface area contributed by atoms with Crippen LogP contribution in [-0.4, -0.2) is 38.1 Å². The Hall–Kier alpha value is -1.96. The van der Waals surface area contributed by atoms with Gasteiger partial charge in [-0.05, 0) is 23.3 Å². The van der Waals surface area contributed by atoms with Gasteiger partial charge in [0.1, 0.15) is 12.7 Å². The molecule has 1 atom stereocenters. The van der Waals surface area contributed by atoms with E-state index < -0.39 is 4.92 Å². The molecule has 0 aliphatic carbocycles. The maximum atomic E-state index is 11.6. The average molecular weight is 256 g/mol. The first-order valence-electron chi connectivity index (χ1n) is 5.52. The summed E-state index contributed by atoms with van der Waals surface area (Å²) in [5.74, 6) is -0.137. The predicted molar refractivity (Wildman–Crippen MR) is 62.9 cm³/mol. The number of hydrogen-bond donors (Lipinski definition) is 2. The number of imidazole rings is 1. The van der Waals surface area contributed by atoms with E-state index in [9.17, 15) is 14.9 Å². The Morgan fingerprint density at radius 2 is 2.39 bits per heavy atom. The molecule has 0 saturated heterocycles. The molecule has 0 fully saturated rings. The van der Waals surface area contributed by atoms with E-state index >= 15 is 0 Å². The molecule has 1 rings (SSSR count). The SMILES string of the molecule is Cc1nc([N+](=O)[O-])cn1CC(=O)NC(C)CCO. The molecule has 1 unspecified atom stereocenters. The van der Waals surface area contributed by atoms with Gasteiger partial charge < -0.3 is 20.5 Å². The molecule has 0 radical (unpaired) electrons. The molecule has 1 heterocycles. The fourth-order valence-corrected chi connectivity index (χ4v) is 1.48. The first-order chi connectivity index (χ1) is 8.43. The van der Waals surface area contributed by atoms with E-state index in [1.54, 1.807) is 13.8 Å². The number of hydrogen-bond acceptors (Lipinski definition) is 5. The maximum absolute atomic E-state index is 11.6. The zero-order chi connectivity index (χ0) is 13.7. The number of rotatable bonds is 6. The van der Waals surface area contributed by atoms with Gasteiger partial charge in [-0.1, -0.05) is 0 Å². The van der Waals surface area contributed by atoms with E-state index in [0.29, 0.717) is 12.2 Å². The molecule has 2 N–H and O–H groups in total. The Labute approximate surface area is 104 Å². The van der Waals surface area contributed by atoms with Crippen LogP contribution in [0.25, 0.3) is 0 Å². The van der Waals surface area contributed by atoms with E-state index in [0.717, 1.165) is 0 Å². The summed E-state index contributed by atoms with van der Waals surface area (Å²) >= 11 is 0. The monoisotopic (exact) mass is 256 g/mol. The van der Waals surface area contributed by atoms with Crippen molar-refractivity contribution in [3.8, 4) is 0 Å². The summed E-state index contributed by atoms with van der Waals surface area (Å²) < 4.78 is 1.42. The molecular formula is C10H16N4O4. The van der Waals surface area contributed by atoms with Gasteiger partial charge in [-0.15, -0.1) is 0 Å². The standard InChI is InChI=1S/C10H16N4O4/c1-7(3-4-15)11-10(16)6-13-5-9(14(17)18)12-8(13)2/h5,7,15H,3-4,6H2,1-2H3,(H,11,16). The van der Waals surface area contributed by atoms with E-state index in [1.165, 1.54) is 10.8 Å². The lowest BCUT2D eigenvalue weighted by Crippen LogP contribution is -2.35. The van der Waals surface area contributed by atoms with E-state index in [1.807, 2.05) is 0 Å². The number of aliphatic hydroxyl groups excluding tert-OH is 1. The quantitative estimate of drug-likeness (QED) is 0.549. The van der Waals surface area contributed by atoms with Crippen LogP contribution in [0.2, 0.25) is 0 Å². The van der Waals surface area contributed by atoms with Crippen LogP contribution in [0.4, 0.5) is 5.82 Å². The van der Waals surface area contributed by atoms with Crippen LogP contribution in [0.1, 0.15) is 19.2 Å². The number of aliphatic hydroxyl groups is 1. The molecule has 100 valence electrons. The van der Waals surface area contributed by atoms with Crippen molar-refractivity contribution in [1.82, 2.24) is 14.9 Å². The second-order valence-corrected chi connectivity index (χ2v) is 4.01. The fraction of sp³-hybridized carbons (Fsp3) is 0.600. The second-order valence-electron chi connectivity index (χ2n) is 4.01. The van der Waals surface area contributed by atoms with Crippen LogP contribution < -0.4 is 5.32 Å². The molecule has 0 aliphatic rings. The fourth-order valence-electron chi connectivity index (χ4n) is 1.48. The molecule has 0 aliphatic heterocycles. The molecule has 18 heavy (non-hydrogen) atoms. The second kappa shape index (κ2) is 6.10. The van der Waals surface area contributed by atoms with Gasteiger partial charge in [-0.25, -0.2) is 0 Å². The van der Waals surface area contributed by atoms with Crippen molar-refractivity contribution < 1.29 is 14.8 Å². The van der Waals surface area contributed by atoms with Crippen LogP contribution in [0, 0.1) is 17.0 Å². The molecule has 0 bridgehead atoms. The van der Waals surface area contributed by atoms with E-state index in [4.69, 9.17) is 5.11 Å². The van der Waals surface area contributed by atoms with Crippen molar-refractivity contribution in [3.63, 3.8) is 0 Å². The number of nitrogens with one attached hydrogen (secondary N) is 1. The number of carbonyl (C=O) groups excluding carboxylic acids is 1. The number of nitrogens with zero attached hydrogens (tertiary/aromatic N) is 3. The minimum atomic E-state index is -0.601. The number of amides is 1. The minimum Gasteiger partial charge on any atom is -0.396 e. The summed E-state index contributed by atoms with van der Waals surface area (Å²) in [6.45, 7) is 3.34. The molecule has 1 amide bonds. The Balaban J connectivity index is 2.61. The van der Waals surface area contributed by atoms with Crippen LogP contribution in [0.15, 0.2) is 6.20 Å². The summed E-state index contributed by atoms with van der Waals surface area (Å²) in [5.41, 5.74) is 0. The Morgan fingerprint density at radius 1 is 1.72 bits per heavy atom. The van der Waals surface area contributed by atoms with Crippen molar-refractivity contribution in [2.45, 2.75) is 32.9 Å². The first-order valence-corrected chi connectivity index (χ1v) is 5.52. The van der Waals surface area contributed by atoms with Crippen LogP contribution in [0.3, 0.4) is 0 Å². The number of carbonyl (C=O) groups is 1. The topological polar surface area (TPSA) is 110 Å². The third-order valence-corrected chi connectivity index (χ3v) is 2.43. The molecular weight excluding hydrogens is 240 g/mol. The Morgan fingerprint density at radius 3 is 2.89 bits per heavy atom. The van der Waals surface area contributed by atoms with Gasteiger partial charge in [0.05, 0.1) is 0 Å². The van der Waals surface area contributed by atoms with Gasteiger partial charge in [-0.3, -0.25) is 9.36 Å². The molecule has 0 aromatic carbocycles. The number of aryl methyl sites for hydroxylation is 1. The van der Waals surface area contributed by atoms with Crippen molar-refractivity contribution >= 4 is 11.7 Å². The van der Waals surface area contributed by atoms with Crippen molar-refractivity contribution in [1.29, 1.82) is 0 Å². The average Bonchev–Trinajstić information content (AvgIpc) is 2.60. The van der Waals surface area contributed by atoms with Gasteiger partial charge in [0.15, 0.2) is 0 Å². The van der Waals surface area contributed by atoms with Gasteiger partial charge in [0.25, 0.3) is 0 Å². The van der Waals surface area contributed by atoms with Crippen molar-refractivity contribution in [3.05, 3.63) is 22.1 Å². The molecule has 0 spiro atoms. The lowest BCUT2D eigenvalue weighted by atomic mass is 10.2. The van der Waals surface area contributed by atoms with Crippen LogP contribution >= 0.6 is 0 Å². The zero-order valence-electron chi connectivity index (χ0n) is 10.3. The summed E-state index contributed by atoms with van der Waals surface area (Å²) in [4.78, 5) is 25.3. The molecule has 8 heteroatoms. The van der Waals surface area contributed by atoms with E-state index in [2.05, 4.69) is 10.3 Å². The van der Waals surface area contributed by atoms with Gasteiger partial charge in [0, 0.05) is 19.6 Å². The third-order valence-electron chi connectivity index (χ3n) is 2.43. The van der Waals surface area contributed by atoms with Crippen molar-refractivity contribution in [2.24, 2.45) is 0 Å². The van der Waals surface area contributed by atoms with Gasteiger partial charge in [-0.2, -0.15) is 0 Å². The van der Waals surface area contributed by atoms with Crippen LogP contribution in [0.5, 0.6) is 0 Å². The molecule has 1 aromatic rings. The highest BCUT2D eigenvalue weighted by molar-refractivity contribution is 5.76. The van der Waals surface area contributed by atoms with Crippen LogP contribution in [-0.2, 0) is 11.3 Å². The molecule has 1 aromatic heterocycles. The Kier molecular flexibility index (Phi) is 4.78. The highest BCUT2D eigenvalue weighted by atomic mass is 16.6. The minimum absolute atomic E-state index is 0.00295. The predicted octanol–water partition coefficient (Wildman–Crippen LogP) is -0.0132. The Bertz CT molecular complexity index is 443. The summed E-state index contributed by atoms with van der Waals surface area (Å²) in [6, 6.07) is -0.138. The maximum Gasteiger partial charge on any atom is 0.381 e. The number of aromatic nitrogens is 2. The third kappa shape index (κ3) is 3.81. The highest BCUT2D eigenvalue weighted by Crippen LogP contribution is 2.09. The number of nitro groups is 1. The summed E-state index contributed by atoms with van der Waals surface area (Å²) in [6.07, 6.45) is 1.69. The lowest BCUT2D eigenvalue weighted by Gasteiger charge is -2.12. The zero-order valence-corrected chi connectivity index (χ0v) is 10.3. The largest absolute Gasteiger partial charge is 0.396 e. The van der Waals surface area contributed by atoms with Gasteiger partial charge >= 0.3 is 5.82 Å². The molecule has 8 nitrogen and oxygen atoms in total. The molecule has 0 saturated carbocycles. The summed E-state index contributed by atoms with van der Waals surface area (Å²) in [5, 5.41) is 21.9. The highest BCUT2D eigenvalue weighted by Gasteiger charge is 2.17. The normalized spacial score (nSPS) is 12.2. The van der Waals surface area contributed by atoms with Gasteiger partial charge in [0.2, 0.25) is 11.7 Å². The van der Waals surface area contributed by atoms with Crippen molar-refractivity contribution in [2.75, 3.05) is 6.61 Å². The lowest BCUT2D eigenvalue weighted by molar-refractivity contribution is -0.389. The smallest absolute Gasteiger partial charge is 0.381 e. The first kappa shape index (κ1) is 14.1.